The molecule has 0 saturated heterocycles. The van der Waals surface area contributed by atoms with Crippen LogP contribution in [0.3, 0.4) is 0 Å². The third kappa shape index (κ3) is 2.99. The molecule has 0 bridgehead atoms. The van der Waals surface area contributed by atoms with E-state index in [2.05, 4.69) is 103 Å². The first kappa shape index (κ1) is 22.2. The van der Waals surface area contributed by atoms with Gasteiger partial charge in [-0.1, -0.05) is 99.5 Å². The van der Waals surface area contributed by atoms with Crippen molar-refractivity contribution in [2.24, 2.45) is 5.41 Å². The lowest BCUT2D eigenvalue weighted by Crippen LogP contribution is -2.35. The van der Waals surface area contributed by atoms with Crippen molar-refractivity contribution in [2.45, 2.75) is 44.8 Å². The van der Waals surface area contributed by atoms with E-state index in [1.165, 1.54) is 49.0 Å². The summed E-state index contributed by atoms with van der Waals surface area (Å²) >= 11 is 0. The number of aromatic nitrogens is 2. The summed E-state index contributed by atoms with van der Waals surface area (Å²) in [4.78, 5) is 4.93. The van der Waals surface area contributed by atoms with Crippen molar-refractivity contribution < 1.29 is 0 Å². The lowest BCUT2D eigenvalue weighted by molar-refractivity contribution is 0.207. The Morgan fingerprint density at radius 3 is 2.26 bits per heavy atom. The number of pyridine rings is 1. The molecule has 1 saturated carbocycles. The molecule has 7 aromatic rings. The molecular weight excluding hydrogens is 459 g/mol. The van der Waals surface area contributed by atoms with Gasteiger partial charge in [0.2, 0.25) is 0 Å². The average Bonchev–Trinajstić information content (AvgIpc) is 3.47. The maximum atomic E-state index is 7.30. The topological polar surface area (TPSA) is 17.3 Å². The highest BCUT2D eigenvalue weighted by Crippen LogP contribution is 2.50. The van der Waals surface area contributed by atoms with Crippen molar-refractivity contribution in [1.82, 2.24) is 9.38 Å². The Balaban J connectivity index is 1.48. The first-order chi connectivity index (χ1) is 18.4. The molecule has 0 N–H and O–H groups in total. The van der Waals surface area contributed by atoms with Gasteiger partial charge in [0.1, 0.15) is 0 Å². The van der Waals surface area contributed by atoms with Crippen LogP contribution in [0.5, 0.6) is 0 Å². The molecule has 3 heteroatoms. The standard InChI is InChI=1S/C35H29BN2/c1-34(2)16-18-35(36,19-17-34)28-15-14-25-24-11-7-12-26(29-20-22-8-3-4-9-23(22)21-37-29)32(24)38-30-13-6-5-10-27(30)31(28)33(25)38/h3-15,20-21H,16-19H2,1-2H3. The van der Waals surface area contributed by atoms with E-state index in [-0.39, 0.29) is 5.31 Å². The Hall–Kier alpha value is -3.85. The highest BCUT2D eigenvalue weighted by atomic mass is 14.9. The lowest BCUT2D eigenvalue weighted by atomic mass is 9.52. The van der Waals surface area contributed by atoms with Crippen molar-refractivity contribution in [1.29, 1.82) is 0 Å². The Morgan fingerprint density at radius 2 is 1.42 bits per heavy atom. The summed E-state index contributed by atoms with van der Waals surface area (Å²) in [6.07, 6.45) is 6.35. The van der Waals surface area contributed by atoms with Gasteiger partial charge < -0.3 is 4.40 Å². The molecule has 38 heavy (non-hydrogen) atoms. The van der Waals surface area contributed by atoms with Crippen molar-refractivity contribution in [3.8, 4) is 11.3 Å². The zero-order valence-electron chi connectivity index (χ0n) is 22.0. The van der Waals surface area contributed by atoms with Gasteiger partial charge in [-0.25, -0.2) is 0 Å². The summed E-state index contributed by atoms with van der Waals surface area (Å²) in [5.74, 6) is 0. The molecular formula is C35H29BN2. The van der Waals surface area contributed by atoms with E-state index in [0.717, 1.165) is 42.3 Å². The van der Waals surface area contributed by atoms with E-state index in [1.54, 1.807) is 0 Å². The molecule has 182 valence electrons. The normalized spacial score (nSPS) is 17.3. The number of hydrogen-bond acceptors (Lipinski definition) is 1. The maximum absolute atomic E-state index is 7.30. The number of para-hydroxylation sites is 2. The van der Waals surface area contributed by atoms with Crippen molar-refractivity contribution in [3.05, 3.63) is 96.7 Å². The Kier molecular flexibility index (Phi) is 4.43. The molecule has 8 rings (SSSR count). The minimum atomic E-state index is -0.305. The summed E-state index contributed by atoms with van der Waals surface area (Å²) in [7, 11) is 7.30. The van der Waals surface area contributed by atoms with Crippen LogP contribution in [-0.4, -0.2) is 17.2 Å². The number of fused-ring (bicyclic) bond motifs is 7. The van der Waals surface area contributed by atoms with Crippen LogP contribution in [0, 0.1) is 5.41 Å². The molecule has 0 atom stereocenters. The molecule has 2 nitrogen and oxygen atoms in total. The predicted octanol–water partition coefficient (Wildman–Crippen LogP) is 9.02. The van der Waals surface area contributed by atoms with E-state index in [9.17, 15) is 0 Å². The van der Waals surface area contributed by atoms with Gasteiger partial charge in [-0.05, 0) is 46.7 Å². The van der Waals surface area contributed by atoms with E-state index < -0.39 is 0 Å². The summed E-state index contributed by atoms with van der Waals surface area (Å²) in [5.41, 5.74) is 7.59. The van der Waals surface area contributed by atoms with Gasteiger partial charge in [0.25, 0.3) is 0 Å². The van der Waals surface area contributed by atoms with Crippen LogP contribution in [0.25, 0.3) is 60.1 Å². The third-order valence-corrected chi connectivity index (χ3v) is 9.30. The Bertz CT molecular complexity index is 2020. The second kappa shape index (κ2) is 7.60. The van der Waals surface area contributed by atoms with Crippen molar-refractivity contribution >= 4 is 56.7 Å². The first-order valence-electron chi connectivity index (χ1n) is 13.8. The molecule has 4 aromatic carbocycles. The van der Waals surface area contributed by atoms with Crippen LogP contribution in [-0.2, 0) is 5.31 Å². The Labute approximate surface area is 224 Å². The first-order valence-corrected chi connectivity index (χ1v) is 13.8. The molecule has 0 unspecified atom stereocenters. The molecule has 0 spiro atoms. The van der Waals surface area contributed by atoms with Crippen LogP contribution in [0.2, 0.25) is 0 Å². The zero-order chi connectivity index (χ0) is 25.6. The summed E-state index contributed by atoms with van der Waals surface area (Å²) < 4.78 is 2.49. The quantitative estimate of drug-likeness (QED) is 0.222. The SMILES string of the molecule is [B]C1(c2ccc3c4cccc(-c5cc6ccccc6cn5)c4n4c5ccccc5c2c34)CCC(C)(C)CC1. The highest BCUT2D eigenvalue weighted by Gasteiger charge is 2.37. The van der Waals surface area contributed by atoms with Gasteiger partial charge in [0, 0.05) is 38.7 Å². The van der Waals surface area contributed by atoms with Crippen LogP contribution >= 0.6 is 0 Å². The monoisotopic (exact) mass is 488 g/mol. The van der Waals surface area contributed by atoms with Crippen molar-refractivity contribution in [3.63, 3.8) is 0 Å². The number of nitrogens with zero attached hydrogens (tertiary/aromatic N) is 2. The molecule has 3 aromatic heterocycles. The third-order valence-electron chi connectivity index (χ3n) is 9.30. The zero-order valence-corrected chi connectivity index (χ0v) is 22.0. The van der Waals surface area contributed by atoms with Gasteiger partial charge >= 0.3 is 0 Å². The smallest absolute Gasteiger partial charge is 0.0810 e. The average molecular weight is 488 g/mol. The molecule has 1 aliphatic carbocycles. The Morgan fingerprint density at radius 1 is 0.711 bits per heavy atom. The van der Waals surface area contributed by atoms with Crippen LogP contribution < -0.4 is 0 Å². The number of hydrogen-bond donors (Lipinski definition) is 0. The largest absolute Gasteiger partial charge is 0.307 e. The van der Waals surface area contributed by atoms with Gasteiger partial charge in [0.05, 0.1) is 30.1 Å². The molecule has 2 radical (unpaired) electrons. The second-order valence-electron chi connectivity index (χ2n) is 12.2. The minimum absolute atomic E-state index is 0.305. The number of benzene rings is 4. The molecule has 1 aliphatic rings. The maximum Gasteiger partial charge on any atom is 0.0810 e. The van der Waals surface area contributed by atoms with E-state index >= 15 is 0 Å². The fourth-order valence-electron chi connectivity index (χ4n) is 7.04. The lowest BCUT2D eigenvalue weighted by Gasteiger charge is -2.42. The molecule has 3 heterocycles. The van der Waals surface area contributed by atoms with Crippen LogP contribution in [0.4, 0.5) is 0 Å². The van der Waals surface area contributed by atoms with Gasteiger partial charge in [-0.15, -0.1) is 0 Å². The summed E-state index contributed by atoms with van der Waals surface area (Å²) in [5, 5.41) is 7.24. The van der Waals surface area contributed by atoms with Gasteiger partial charge in [-0.2, -0.15) is 0 Å². The molecule has 1 fully saturated rings. The van der Waals surface area contributed by atoms with E-state index in [0.29, 0.717) is 5.41 Å². The summed E-state index contributed by atoms with van der Waals surface area (Å²) in [6, 6.07) is 30.8. The molecule has 0 amide bonds. The van der Waals surface area contributed by atoms with E-state index in [1.807, 2.05) is 6.20 Å². The predicted molar refractivity (Wildman–Crippen MR) is 162 cm³/mol. The number of rotatable bonds is 2. The van der Waals surface area contributed by atoms with Crippen LogP contribution in [0.1, 0.15) is 45.1 Å². The molecule has 0 aliphatic heterocycles. The van der Waals surface area contributed by atoms with Gasteiger partial charge in [0.15, 0.2) is 0 Å². The fraction of sp³-hybridized carbons (Fsp3) is 0.229. The fourth-order valence-corrected chi connectivity index (χ4v) is 7.04. The minimum Gasteiger partial charge on any atom is -0.307 e. The highest BCUT2D eigenvalue weighted by molar-refractivity contribution is 6.28. The van der Waals surface area contributed by atoms with E-state index in [4.69, 9.17) is 12.8 Å². The van der Waals surface area contributed by atoms with Crippen LogP contribution in [0.15, 0.2) is 91.1 Å². The van der Waals surface area contributed by atoms with Crippen molar-refractivity contribution in [2.75, 3.05) is 0 Å². The second-order valence-corrected chi connectivity index (χ2v) is 12.2. The van der Waals surface area contributed by atoms with Gasteiger partial charge in [-0.3, -0.25) is 4.98 Å². The summed E-state index contributed by atoms with van der Waals surface area (Å²) in [6.45, 7) is 4.76.